The van der Waals surface area contributed by atoms with E-state index in [9.17, 15) is 10.1 Å². The van der Waals surface area contributed by atoms with Gasteiger partial charge in [-0.25, -0.2) is 9.18 Å². The highest BCUT2D eigenvalue weighted by Crippen LogP contribution is 2.62. The molecule has 0 spiro atoms. The topological polar surface area (TPSA) is 101 Å². The van der Waals surface area contributed by atoms with Crippen molar-refractivity contribution in [3.63, 3.8) is 0 Å². The maximum Gasteiger partial charge on any atom is 0.414 e. The van der Waals surface area contributed by atoms with E-state index >= 15 is 4.39 Å². The summed E-state index contributed by atoms with van der Waals surface area (Å²) in [5, 5.41) is 16.6. The average Bonchev–Trinajstić information content (AvgIpc) is 3.38. The van der Waals surface area contributed by atoms with Gasteiger partial charge in [0, 0.05) is 23.5 Å². The summed E-state index contributed by atoms with van der Waals surface area (Å²) in [6.07, 6.45) is 0.518. The molecule has 1 aromatic heterocycles. The van der Waals surface area contributed by atoms with Gasteiger partial charge in [0.15, 0.2) is 5.82 Å². The average molecular weight is 460 g/mol. The molecule has 3 fully saturated rings. The van der Waals surface area contributed by atoms with Crippen molar-refractivity contribution in [2.24, 2.45) is 11.8 Å². The van der Waals surface area contributed by atoms with Crippen molar-refractivity contribution in [1.82, 2.24) is 5.16 Å². The van der Waals surface area contributed by atoms with Crippen LogP contribution in [0, 0.1) is 29.0 Å². The van der Waals surface area contributed by atoms with Gasteiger partial charge in [-0.2, -0.15) is 5.26 Å². The fraction of sp³-hybridized carbons (Fsp3) is 0.320. The van der Waals surface area contributed by atoms with Gasteiger partial charge in [-0.05, 0) is 29.3 Å². The fourth-order valence-electron chi connectivity index (χ4n) is 5.21. The maximum atomic E-state index is 15.1. The number of carbonyl (C=O) groups excluding carboxylic acids is 1. The number of fused-ring (bicyclic) bond motifs is 1. The highest BCUT2D eigenvalue weighted by atomic mass is 19.1. The molecular formula is C25H21FN4O4. The lowest BCUT2D eigenvalue weighted by Gasteiger charge is -2.16. The Bertz CT molecular complexity index is 1260. The summed E-state index contributed by atoms with van der Waals surface area (Å²) in [5.74, 6) is 0.605. The van der Waals surface area contributed by atoms with Crippen molar-refractivity contribution in [3.05, 3.63) is 66.2 Å². The van der Waals surface area contributed by atoms with E-state index in [1.165, 1.54) is 17.2 Å². The molecule has 1 amide bonds. The van der Waals surface area contributed by atoms with E-state index in [1.54, 1.807) is 18.2 Å². The number of nitrogens with zero attached hydrogens (tertiary/aromatic N) is 3. The Morgan fingerprint density at radius 1 is 1.18 bits per heavy atom. The van der Waals surface area contributed by atoms with Crippen LogP contribution < -0.4 is 10.2 Å². The van der Waals surface area contributed by atoms with Crippen LogP contribution in [0.25, 0.3) is 11.1 Å². The summed E-state index contributed by atoms with van der Waals surface area (Å²) in [4.78, 5) is 13.8. The van der Waals surface area contributed by atoms with Gasteiger partial charge in [0.2, 0.25) is 0 Å². The van der Waals surface area contributed by atoms with Gasteiger partial charge in [0.25, 0.3) is 0 Å². The lowest BCUT2D eigenvalue weighted by Crippen LogP contribution is -2.27. The summed E-state index contributed by atoms with van der Waals surface area (Å²) < 4.78 is 30.7. The number of ether oxygens (including phenoxy) is 2. The number of carbonyl (C=O) groups is 1. The number of hydrogen-bond donors (Lipinski definition) is 1. The molecule has 3 aliphatic rings. The second-order valence-corrected chi connectivity index (χ2v) is 8.85. The van der Waals surface area contributed by atoms with Crippen LogP contribution in [0.4, 0.5) is 20.7 Å². The van der Waals surface area contributed by atoms with Crippen LogP contribution in [-0.2, 0) is 14.9 Å². The van der Waals surface area contributed by atoms with Crippen LogP contribution in [0.2, 0.25) is 0 Å². The molecule has 6 rings (SSSR count). The minimum absolute atomic E-state index is 0.245. The predicted molar refractivity (Wildman–Crippen MR) is 120 cm³/mol. The van der Waals surface area contributed by atoms with Gasteiger partial charge < -0.3 is 19.3 Å². The maximum absolute atomic E-state index is 15.1. The van der Waals surface area contributed by atoms with Gasteiger partial charge in [0.05, 0.1) is 43.5 Å². The molecule has 3 heterocycles. The SMILES string of the molecule is N#CC1(c2ccc(-c3ccc(N4C[C@H](CNc5ccon5)OC4=O)cc3F)cc2)C2COC[C@H]21. The molecule has 2 unspecified atom stereocenters. The second-order valence-electron chi connectivity index (χ2n) is 8.85. The third kappa shape index (κ3) is 3.22. The first kappa shape index (κ1) is 20.7. The van der Waals surface area contributed by atoms with Crippen LogP contribution in [0.15, 0.2) is 59.3 Å². The number of benzene rings is 2. The summed E-state index contributed by atoms with van der Waals surface area (Å²) >= 11 is 0. The fourth-order valence-corrected chi connectivity index (χ4v) is 5.21. The number of halogens is 1. The normalized spacial score (nSPS) is 27.2. The van der Waals surface area contributed by atoms with Crippen molar-refractivity contribution in [2.45, 2.75) is 11.5 Å². The Labute approximate surface area is 194 Å². The largest absolute Gasteiger partial charge is 0.442 e. The van der Waals surface area contributed by atoms with Gasteiger partial charge in [-0.15, -0.1) is 0 Å². The molecule has 9 heteroatoms. The molecule has 1 N–H and O–H groups in total. The zero-order chi connectivity index (χ0) is 23.3. The Morgan fingerprint density at radius 3 is 2.65 bits per heavy atom. The van der Waals surface area contributed by atoms with Crippen molar-refractivity contribution >= 4 is 17.6 Å². The molecule has 2 aliphatic heterocycles. The lowest BCUT2D eigenvalue weighted by molar-refractivity contribution is 0.147. The molecule has 34 heavy (non-hydrogen) atoms. The lowest BCUT2D eigenvalue weighted by atomic mass is 9.91. The molecule has 4 atom stereocenters. The third-order valence-electron chi connectivity index (χ3n) is 7.09. The quantitative estimate of drug-likeness (QED) is 0.594. The first-order valence-electron chi connectivity index (χ1n) is 11.1. The van der Waals surface area contributed by atoms with Gasteiger partial charge >= 0.3 is 6.09 Å². The molecule has 0 radical (unpaired) electrons. The molecule has 2 saturated heterocycles. The second kappa shape index (κ2) is 7.85. The minimum Gasteiger partial charge on any atom is -0.442 e. The molecule has 1 aliphatic carbocycles. The van der Waals surface area contributed by atoms with Crippen LogP contribution in [0.1, 0.15) is 5.56 Å². The first-order chi connectivity index (χ1) is 16.6. The standard InChI is InChI=1S/C25H21FN4O4/c26-22-9-17(30-11-18(34-24(30)31)10-28-23-7-8-33-29-23)5-6-19(22)15-1-3-16(4-2-15)25(14-27)20-12-32-13-21(20)25/h1-9,18,20-21H,10-13H2,(H,28,29)/t18-,20+,21?,25?/m0/s1. The molecular weight excluding hydrogens is 439 g/mol. The smallest absolute Gasteiger partial charge is 0.414 e. The van der Waals surface area contributed by atoms with E-state index in [4.69, 9.17) is 14.0 Å². The molecule has 8 nitrogen and oxygen atoms in total. The monoisotopic (exact) mass is 460 g/mol. The molecule has 172 valence electrons. The third-order valence-corrected chi connectivity index (χ3v) is 7.09. The Balaban J connectivity index is 1.16. The van der Waals surface area contributed by atoms with Gasteiger partial charge in [-0.3, -0.25) is 4.90 Å². The zero-order valence-corrected chi connectivity index (χ0v) is 18.1. The van der Waals surface area contributed by atoms with E-state index in [0.29, 0.717) is 48.9 Å². The van der Waals surface area contributed by atoms with Gasteiger partial charge in [-0.1, -0.05) is 29.4 Å². The number of anilines is 2. The van der Waals surface area contributed by atoms with E-state index in [0.717, 1.165) is 5.56 Å². The van der Waals surface area contributed by atoms with E-state index in [-0.39, 0.29) is 11.8 Å². The number of hydrogen-bond acceptors (Lipinski definition) is 7. The summed E-state index contributed by atoms with van der Waals surface area (Å²) in [5.41, 5.74) is 2.05. The molecule has 0 bridgehead atoms. The zero-order valence-electron chi connectivity index (χ0n) is 18.1. The van der Waals surface area contributed by atoms with E-state index < -0.39 is 23.4 Å². The first-order valence-corrected chi connectivity index (χ1v) is 11.1. The summed E-state index contributed by atoms with van der Waals surface area (Å²) in [7, 11) is 0. The summed E-state index contributed by atoms with van der Waals surface area (Å²) in [6.45, 7) is 1.89. The highest BCUT2D eigenvalue weighted by Gasteiger charge is 2.69. The van der Waals surface area contributed by atoms with Crippen molar-refractivity contribution in [2.75, 3.05) is 36.5 Å². The number of amides is 1. The molecule has 2 aromatic carbocycles. The van der Waals surface area contributed by atoms with Crippen LogP contribution in [0.3, 0.4) is 0 Å². The number of cyclic esters (lactones) is 1. The predicted octanol–water partition coefficient (Wildman–Crippen LogP) is 3.96. The molecule has 1 saturated carbocycles. The highest BCUT2D eigenvalue weighted by molar-refractivity contribution is 5.90. The Hall–Kier alpha value is -3.90. The number of rotatable bonds is 6. The number of nitrogens with one attached hydrogen (secondary N) is 1. The minimum atomic E-state index is -0.524. The van der Waals surface area contributed by atoms with Gasteiger partial charge in [0.1, 0.15) is 18.2 Å². The van der Waals surface area contributed by atoms with Crippen LogP contribution in [-0.4, -0.2) is 43.7 Å². The molecule has 3 aromatic rings. The Kier molecular flexibility index (Phi) is 4.78. The van der Waals surface area contributed by atoms with Crippen LogP contribution >= 0.6 is 0 Å². The van der Waals surface area contributed by atoms with Crippen molar-refractivity contribution < 1.29 is 23.2 Å². The number of aromatic nitrogens is 1. The Morgan fingerprint density at radius 2 is 1.97 bits per heavy atom. The van der Waals surface area contributed by atoms with Crippen molar-refractivity contribution in [1.29, 1.82) is 5.26 Å². The van der Waals surface area contributed by atoms with Crippen molar-refractivity contribution in [3.8, 4) is 17.2 Å². The number of nitriles is 1. The van der Waals surface area contributed by atoms with E-state index in [2.05, 4.69) is 16.5 Å². The van der Waals surface area contributed by atoms with Crippen LogP contribution in [0.5, 0.6) is 0 Å². The van der Waals surface area contributed by atoms with E-state index in [1.807, 2.05) is 24.3 Å². The summed E-state index contributed by atoms with van der Waals surface area (Å²) in [6, 6.07) is 16.4.